The number of carbonyl (C=O) groups excluding carboxylic acids is 1. The molecule has 0 aliphatic carbocycles. The number of urea groups is 1. The topological polar surface area (TPSA) is 91.3 Å². The van der Waals surface area contributed by atoms with Gasteiger partial charge in [0.25, 0.3) is 0 Å². The van der Waals surface area contributed by atoms with Crippen LogP contribution in [0.15, 0.2) is 18.5 Å². The molecule has 0 aromatic carbocycles. The second-order valence-corrected chi connectivity index (χ2v) is 4.42. The number of nitrogens with zero attached hydrogens (tertiary/aromatic N) is 1. The van der Waals surface area contributed by atoms with E-state index in [-0.39, 0.29) is 0 Å². The third-order valence-electron chi connectivity index (χ3n) is 3.10. The second kappa shape index (κ2) is 6.17. The zero-order valence-corrected chi connectivity index (χ0v) is 11.4. The van der Waals surface area contributed by atoms with Crippen LogP contribution in [-0.4, -0.2) is 27.6 Å². The van der Waals surface area contributed by atoms with E-state index in [2.05, 4.69) is 15.6 Å². The highest BCUT2D eigenvalue weighted by Crippen LogP contribution is 2.16. The first-order chi connectivity index (χ1) is 8.93. The molecule has 0 saturated heterocycles. The summed E-state index contributed by atoms with van der Waals surface area (Å²) < 4.78 is 0. The van der Waals surface area contributed by atoms with Crippen LogP contribution >= 0.6 is 0 Å². The Morgan fingerprint density at radius 1 is 1.32 bits per heavy atom. The van der Waals surface area contributed by atoms with Crippen molar-refractivity contribution in [2.45, 2.75) is 39.2 Å². The van der Waals surface area contributed by atoms with Crippen molar-refractivity contribution in [1.82, 2.24) is 10.3 Å². The van der Waals surface area contributed by atoms with Gasteiger partial charge in [-0.1, -0.05) is 13.8 Å². The van der Waals surface area contributed by atoms with E-state index in [0.717, 1.165) is 5.56 Å². The largest absolute Gasteiger partial charge is 0.480 e. The third-order valence-corrected chi connectivity index (χ3v) is 3.10. The number of carboxylic acids is 1. The molecule has 1 aromatic rings. The number of hydrogen-bond acceptors (Lipinski definition) is 3. The molecule has 0 spiro atoms. The molecule has 0 unspecified atom stereocenters. The van der Waals surface area contributed by atoms with Gasteiger partial charge in [-0.05, 0) is 31.4 Å². The predicted octanol–water partition coefficient (Wildman–Crippen LogP) is 2.15. The Kier molecular flexibility index (Phi) is 4.86. The summed E-state index contributed by atoms with van der Waals surface area (Å²) in [5.41, 5.74) is 0.207. The van der Waals surface area contributed by atoms with E-state index in [0.29, 0.717) is 18.5 Å². The van der Waals surface area contributed by atoms with E-state index in [1.54, 1.807) is 26.1 Å². The van der Waals surface area contributed by atoms with Crippen LogP contribution in [0.25, 0.3) is 0 Å². The maximum atomic E-state index is 11.8. The summed E-state index contributed by atoms with van der Waals surface area (Å²) in [7, 11) is 0. The number of aromatic nitrogens is 1. The van der Waals surface area contributed by atoms with Crippen molar-refractivity contribution in [1.29, 1.82) is 0 Å². The SMILES string of the molecule is CCC(CC)(NC(=O)Nc1cncc(C)c1)C(=O)O. The van der Waals surface area contributed by atoms with Gasteiger partial charge in [-0.25, -0.2) is 9.59 Å². The van der Waals surface area contributed by atoms with Gasteiger partial charge in [0.2, 0.25) is 0 Å². The molecule has 0 aliphatic rings. The zero-order chi connectivity index (χ0) is 14.5. The molecule has 6 heteroatoms. The molecule has 1 aromatic heterocycles. The molecule has 0 saturated carbocycles. The lowest BCUT2D eigenvalue weighted by Gasteiger charge is -2.28. The Balaban J connectivity index is 2.76. The van der Waals surface area contributed by atoms with Gasteiger partial charge >= 0.3 is 12.0 Å². The molecule has 19 heavy (non-hydrogen) atoms. The number of aryl methyl sites for hydroxylation is 1. The maximum absolute atomic E-state index is 11.8. The number of anilines is 1. The lowest BCUT2D eigenvalue weighted by atomic mass is 9.93. The van der Waals surface area contributed by atoms with Crippen LogP contribution in [0.2, 0.25) is 0 Å². The van der Waals surface area contributed by atoms with Crippen molar-refractivity contribution in [3.8, 4) is 0 Å². The van der Waals surface area contributed by atoms with E-state index in [1.165, 1.54) is 6.20 Å². The minimum atomic E-state index is -1.23. The lowest BCUT2D eigenvalue weighted by Crippen LogP contribution is -2.54. The van der Waals surface area contributed by atoms with E-state index in [4.69, 9.17) is 0 Å². The average Bonchev–Trinajstić information content (AvgIpc) is 2.35. The molecule has 2 amide bonds. The summed E-state index contributed by atoms with van der Waals surface area (Å²) in [5, 5.41) is 14.3. The Labute approximate surface area is 112 Å². The van der Waals surface area contributed by atoms with Crippen LogP contribution in [0.1, 0.15) is 32.3 Å². The van der Waals surface area contributed by atoms with Crippen molar-refractivity contribution in [2.24, 2.45) is 0 Å². The summed E-state index contributed by atoms with van der Waals surface area (Å²) in [5.74, 6) is -1.03. The number of aliphatic carboxylic acids is 1. The lowest BCUT2D eigenvalue weighted by molar-refractivity contribution is -0.144. The van der Waals surface area contributed by atoms with E-state index in [9.17, 15) is 14.7 Å². The van der Waals surface area contributed by atoms with Crippen molar-refractivity contribution < 1.29 is 14.7 Å². The Bertz CT molecular complexity index is 470. The molecule has 0 fully saturated rings. The normalized spacial score (nSPS) is 10.9. The fourth-order valence-corrected chi connectivity index (χ4v) is 1.79. The van der Waals surface area contributed by atoms with Gasteiger partial charge in [-0.2, -0.15) is 0 Å². The molecule has 1 heterocycles. The summed E-state index contributed by atoms with van der Waals surface area (Å²) in [6, 6.07) is 1.21. The summed E-state index contributed by atoms with van der Waals surface area (Å²) in [6.45, 7) is 5.31. The monoisotopic (exact) mass is 265 g/mol. The highest BCUT2D eigenvalue weighted by atomic mass is 16.4. The number of carboxylic acid groups (broad SMARTS) is 1. The van der Waals surface area contributed by atoms with Crippen molar-refractivity contribution in [2.75, 3.05) is 5.32 Å². The van der Waals surface area contributed by atoms with Gasteiger partial charge in [-0.3, -0.25) is 4.98 Å². The van der Waals surface area contributed by atoms with Crippen LogP contribution in [0, 0.1) is 6.92 Å². The number of amides is 2. The van der Waals surface area contributed by atoms with E-state index < -0.39 is 17.5 Å². The zero-order valence-electron chi connectivity index (χ0n) is 11.4. The summed E-state index contributed by atoms with van der Waals surface area (Å²) in [4.78, 5) is 27.1. The molecule has 3 N–H and O–H groups in total. The Morgan fingerprint density at radius 3 is 2.42 bits per heavy atom. The first-order valence-corrected chi connectivity index (χ1v) is 6.17. The second-order valence-electron chi connectivity index (χ2n) is 4.42. The first-order valence-electron chi connectivity index (χ1n) is 6.17. The average molecular weight is 265 g/mol. The van der Waals surface area contributed by atoms with Gasteiger partial charge in [0, 0.05) is 6.20 Å². The van der Waals surface area contributed by atoms with Crippen LogP contribution in [-0.2, 0) is 4.79 Å². The highest BCUT2D eigenvalue weighted by Gasteiger charge is 2.36. The van der Waals surface area contributed by atoms with Crippen LogP contribution in [0.4, 0.5) is 10.5 Å². The molecule has 0 aliphatic heterocycles. The van der Waals surface area contributed by atoms with Gasteiger partial charge in [-0.15, -0.1) is 0 Å². The predicted molar refractivity (Wildman–Crippen MR) is 72.1 cm³/mol. The van der Waals surface area contributed by atoms with Gasteiger partial charge in [0.1, 0.15) is 5.54 Å². The molecule has 0 radical (unpaired) electrons. The summed E-state index contributed by atoms with van der Waals surface area (Å²) in [6.07, 6.45) is 3.81. The number of hydrogen-bond donors (Lipinski definition) is 3. The van der Waals surface area contributed by atoms with E-state index in [1.807, 2.05) is 6.92 Å². The quantitative estimate of drug-likeness (QED) is 0.760. The Morgan fingerprint density at radius 2 is 1.95 bits per heavy atom. The molecule has 0 atom stereocenters. The maximum Gasteiger partial charge on any atom is 0.329 e. The number of rotatable bonds is 5. The standard InChI is InChI=1S/C13H19N3O3/c1-4-13(5-2,11(17)18)16-12(19)15-10-6-9(3)7-14-8-10/h6-8H,4-5H2,1-3H3,(H,17,18)(H2,15,16,19). The Hall–Kier alpha value is -2.11. The molecular formula is C13H19N3O3. The highest BCUT2D eigenvalue weighted by molar-refractivity contribution is 5.93. The first kappa shape index (κ1) is 14.9. The van der Waals surface area contributed by atoms with Crippen LogP contribution in [0.3, 0.4) is 0 Å². The van der Waals surface area contributed by atoms with Crippen LogP contribution < -0.4 is 10.6 Å². The number of pyridine rings is 1. The molecule has 6 nitrogen and oxygen atoms in total. The van der Waals surface area contributed by atoms with Crippen LogP contribution in [0.5, 0.6) is 0 Å². The minimum absolute atomic E-state index is 0.318. The van der Waals surface area contributed by atoms with E-state index >= 15 is 0 Å². The number of carbonyl (C=O) groups is 2. The van der Waals surface area contributed by atoms with Gasteiger partial charge < -0.3 is 15.7 Å². The molecule has 1 rings (SSSR count). The number of nitrogens with one attached hydrogen (secondary N) is 2. The summed E-state index contributed by atoms with van der Waals surface area (Å²) >= 11 is 0. The third kappa shape index (κ3) is 3.67. The molecule has 104 valence electrons. The minimum Gasteiger partial charge on any atom is -0.480 e. The van der Waals surface area contributed by atoms with Crippen molar-refractivity contribution in [3.05, 3.63) is 24.0 Å². The van der Waals surface area contributed by atoms with Crippen molar-refractivity contribution >= 4 is 17.7 Å². The smallest absolute Gasteiger partial charge is 0.329 e. The fourth-order valence-electron chi connectivity index (χ4n) is 1.79. The van der Waals surface area contributed by atoms with Crippen molar-refractivity contribution in [3.63, 3.8) is 0 Å². The molecular weight excluding hydrogens is 246 g/mol. The molecule has 0 bridgehead atoms. The van der Waals surface area contributed by atoms with Gasteiger partial charge in [0.15, 0.2) is 0 Å². The van der Waals surface area contributed by atoms with Gasteiger partial charge in [0.05, 0.1) is 11.9 Å². The fraction of sp³-hybridized carbons (Fsp3) is 0.462.